The largest absolute Gasteiger partial charge is 0.431 e. The van der Waals surface area contributed by atoms with E-state index in [1.54, 1.807) is 0 Å². The molecule has 0 aromatic heterocycles. The van der Waals surface area contributed by atoms with E-state index in [1.807, 2.05) is 0 Å². The third kappa shape index (κ3) is 3.72. The number of hydrogen-bond donors (Lipinski definition) is 1. The van der Waals surface area contributed by atoms with Crippen molar-refractivity contribution in [2.24, 2.45) is 0 Å². The number of alkyl halides is 4. The van der Waals surface area contributed by atoms with Gasteiger partial charge in [0.2, 0.25) is 5.78 Å². The van der Waals surface area contributed by atoms with Crippen molar-refractivity contribution in [3.63, 3.8) is 0 Å². The van der Waals surface area contributed by atoms with Gasteiger partial charge in [0.05, 0.1) is 6.21 Å². The number of carbonyl (C=O) groups is 1. The number of rotatable bonds is 6. The summed E-state index contributed by atoms with van der Waals surface area (Å²) < 4.78 is 56.0. The summed E-state index contributed by atoms with van der Waals surface area (Å²) >= 11 is 0. The second kappa shape index (κ2) is 5.99. The van der Waals surface area contributed by atoms with Gasteiger partial charge in [-0.15, -0.1) is 0 Å². The Morgan fingerprint density at radius 3 is 2.17 bits per heavy atom. The molecule has 0 aliphatic heterocycles. The molecular formula is C10H7F4NO3. The highest BCUT2D eigenvalue weighted by atomic mass is 19.3. The molecule has 1 aromatic carbocycles. The van der Waals surface area contributed by atoms with Crippen LogP contribution in [0.3, 0.4) is 0 Å². The first kappa shape index (κ1) is 13.9. The van der Waals surface area contributed by atoms with E-state index in [-0.39, 0.29) is 5.56 Å². The lowest BCUT2D eigenvalue weighted by Crippen LogP contribution is -2.09. The lowest BCUT2D eigenvalue weighted by molar-refractivity contribution is -0.0692. The molecule has 4 nitrogen and oxygen atoms in total. The SMILES string of the molecule is N=CC(=O)c1ccc(OC(F)F)c(OC(F)F)c1. The molecule has 0 saturated heterocycles. The molecule has 0 heterocycles. The average molecular weight is 265 g/mol. The first-order valence-corrected chi connectivity index (χ1v) is 4.52. The maximum Gasteiger partial charge on any atom is 0.387 e. The number of Topliss-reactive ketones (excluding diaryl/α,β-unsaturated/α-hetero) is 1. The van der Waals surface area contributed by atoms with Crippen molar-refractivity contribution in [1.29, 1.82) is 5.41 Å². The standard InChI is InChI=1S/C10H7F4NO3/c11-9(12)17-7-2-1-5(6(16)4-15)3-8(7)18-10(13)14/h1-4,9-10,15H. The molecule has 98 valence electrons. The maximum atomic E-state index is 12.1. The minimum Gasteiger partial charge on any atom is -0.431 e. The number of carbonyl (C=O) groups excluding carboxylic acids is 1. The summed E-state index contributed by atoms with van der Waals surface area (Å²) in [6.07, 6.45) is 0.454. The van der Waals surface area contributed by atoms with Gasteiger partial charge >= 0.3 is 13.2 Å². The van der Waals surface area contributed by atoms with Crippen LogP contribution >= 0.6 is 0 Å². The summed E-state index contributed by atoms with van der Waals surface area (Å²) in [6, 6.07) is 2.75. The molecule has 0 aliphatic rings. The van der Waals surface area contributed by atoms with Crippen molar-refractivity contribution >= 4 is 12.0 Å². The molecule has 8 heteroatoms. The lowest BCUT2D eigenvalue weighted by Gasteiger charge is -2.12. The van der Waals surface area contributed by atoms with Crippen LogP contribution in [0, 0.1) is 5.41 Å². The van der Waals surface area contributed by atoms with Crippen LogP contribution in [0.4, 0.5) is 17.6 Å². The smallest absolute Gasteiger partial charge is 0.387 e. The van der Waals surface area contributed by atoms with Gasteiger partial charge in [0, 0.05) is 5.56 Å². The molecule has 0 atom stereocenters. The molecule has 1 N–H and O–H groups in total. The normalized spacial score (nSPS) is 10.6. The molecule has 0 spiro atoms. The minimum atomic E-state index is -3.25. The zero-order valence-electron chi connectivity index (χ0n) is 8.70. The second-order valence-electron chi connectivity index (χ2n) is 2.93. The maximum absolute atomic E-state index is 12.1. The van der Waals surface area contributed by atoms with E-state index in [0.29, 0.717) is 6.21 Å². The van der Waals surface area contributed by atoms with Crippen LogP contribution in [0.1, 0.15) is 10.4 Å². The molecular weight excluding hydrogens is 258 g/mol. The monoisotopic (exact) mass is 265 g/mol. The first-order valence-electron chi connectivity index (χ1n) is 4.52. The number of nitrogens with one attached hydrogen (secondary N) is 1. The van der Waals surface area contributed by atoms with Gasteiger partial charge in [0.15, 0.2) is 11.5 Å². The quantitative estimate of drug-likeness (QED) is 0.488. The van der Waals surface area contributed by atoms with Gasteiger partial charge in [0.1, 0.15) is 0 Å². The Morgan fingerprint density at radius 1 is 1.11 bits per heavy atom. The van der Waals surface area contributed by atoms with Crippen LogP contribution in [0.5, 0.6) is 11.5 Å². The second-order valence-corrected chi connectivity index (χ2v) is 2.93. The summed E-state index contributed by atoms with van der Waals surface area (Å²) in [7, 11) is 0. The van der Waals surface area contributed by atoms with Crippen molar-refractivity contribution < 1.29 is 31.8 Å². The van der Waals surface area contributed by atoms with E-state index in [4.69, 9.17) is 5.41 Å². The van der Waals surface area contributed by atoms with Gasteiger partial charge in [-0.1, -0.05) is 0 Å². The molecule has 0 bridgehead atoms. The number of ether oxygens (including phenoxy) is 2. The third-order valence-corrected chi connectivity index (χ3v) is 1.79. The molecule has 0 unspecified atom stereocenters. The molecule has 0 saturated carbocycles. The zero-order chi connectivity index (χ0) is 13.7. The molecule has 0 amide bonds. The predicted octanol–water partition coefficient (Wildman–Crippen LogP) is 2.72. The van der Waals surface area contributed by atoms with Crippen LogP contribution in [-0.4, -0.2) is 25.2 Å². The highest BCUT2D eigenvalue weighted by molar-refractivity contribution is 6.34. The Morgan fingerprint density at radius 2 is 1.67 bits per heavy atom. The predicted molar refractivity (Wildman–Crippen MR) is 52.8 cm³/mol. The van der Waals surface area contributed by atoms with Crippen molar-refractivity contribution in [3.8, 4) is 11.5 Å². The van der Waals surface area contributed by atoms with Gasteiger partial charge in [-0.2, -0.15) is 17.6 Å². The van der Waals surface area contributed by atoms with Crippen molar-refractivity contribution in [2.75, 3.05) is 0 Å². The summed E-state index contributed by atoms with van der Waals surface area (Å²) in [6.45, 7) is -6.47. The fourth-order valence-electron chi connectivity index (χ4n) is 1.13. The lowest BCUT2D eigenvalue weighted by atomic mass is 10.1. The van der Waals surface area contributed by atoms with Crippen LogP contribution in [0.15, 0.2) is 18.2 Å². The van der Waals surface area contributed by atoms with Gasteiger partial charge in [-0.05, 0) is 18.2 Å². The van der Waals surface area contributed by atoms with E-state index in [1.165, 1.54) is 0 Å². The summed E-state index contributed by atoms with van der Waals surface area (Å²) in [4.78, 5) is 11.1. The minimum absolute atomic E-state index is 0.151. The van der Waals surface area contributed by atoms with Gasteiger partial charge < -0.3 is 14.9 Å². The van der Waals surface area contributed by atoms with E-state index >= 15 is 0 Å². The van der Waals surface area contributed by atoms with Crippen molar-refractivity contribution in [3.05, 3.63) is 23.8 Å². The highest BCUT2D eigenvalue weighted by Crippen LogP contribution is 2.31. The van der Waals surface area contributed by atoms with E-state index in [9.17, 15) is 22.4 Å². The Bertz CT molecular complexity index is 451. The van der Waals surface area contributed by atoms with E-state index < -0.39 is 30.5 Å². The Hall–Kier alpha value is -2.12. The summed E-state index contributed by atoms with van der Waals surface area (Å²) in [5, 5.41) is 6.71. The van der Waals surface area contributed by atoms with Crippen LogP contribution in [-0.2, 0) is 0 Å². The Labute approximate surface area is 98.6 Å². The van der Waals surface area contributed by atoms with Crippen LogP contribution in [0.2, 0.25) is 0 Å². The topological polar surface area (TPSA) is 59.4 Å². The Balaban J connectivity index is 3.11. The average Bonchev–Trinajstić information content (AvgIpc) is 2.29. The zero-order valence-corrected chi connectivity index (χ0v) is 8.70. The van der Waals surface area contributed by atoms with Crippen LogP contribution < -0.4 is 9.47 Å². The number of benzene rings is 1. The molecule has 1 rings (SSSR count). The van der Waals surface area contributed by atoms with Crippen LogP contribution in [0.25, 0.3) is 0 Å². The molecule has 1 aromatic rings. The fraction of sp³-hybridized carbons (Fsp3) is 0.200. The highest BCUT2D eigenvalue weighted by Gasteiger charge is 2.16. The van der Waals surface area contributed by atoms with E-state index in [2.05, 4.69) is 9.47 Å². The number of hydrogen-bond acceptors (Lipinski definition) is 4. The van der Waals surface area contributed by atoms with E-state index in [0.717, 1.165) is 18.2 Å². The summed E-state index contributed by atoms with van der Waals surface area (Å²) in [5.41, 5.74) is -0.151. The van der Waals surface area contributed by atoms with Crippen molar-refractivity contribution in [1.82, 2.24) is 0 Å². The summed E-state index contributed by atoms with van der Waals surface area (Å²) in [5.74, 6) is -2.09. The van der Waals surface area contributed by atoms with Crippen molar-refractivity contribution in [2.45, 2.75) is 13.2 Å². The van der Waals surface area contributed by atoms with Gasteiger partial charge in [0.25, 0.3) is 0 Å². The third-order valence-electron chi connectivity index (χ3n) is 1.79. The molecule has 0 fully saturated rings. The fourth-order valence-corrected chi connectivity index (χ4v) is 1.13. The molecule has 0 radical (unpaired) electrons. The number of halogens is 4. The number of ketones is 1. The first-order chi connectivity index (χ1) is 8.43. The van der Waals surface area contributed by atoms with Gasteiger partial charge in [-0.25, -0.2) is 0 Å². The molecule has 18 heavy (non-hydrogen) atoms. The Kier molecular flexibility index (Phi) is 4.64. The molecule has 0 aliphatic carbocycles. The van der Waals surface area contributed by atoms with Gasteiger partial charge in [-0.3, -0.25) is 4.79 Å².